The number of aromatic nitrogens is 2. The third kappa shape index (κ3) is 4.04. The predicted octanol–water partition coefficient (Wildman–Crippen LogP) is 2.87. The van der Waals surface area contributed by atoms with Crippen LogP contribution in [0.5, 0.6) is 5.75 Å². The molecule has 1 unspecified atom stereocenters. The standard InChI is InChI=1S/C18H19N3O3/c1-14(12-21-10-5-9-19-21)20-18(22)17-15(8-11-23-17)13-24-16-6-3-2-4-7-16/h2-11,14H,12-13H2,1H3,(H,20,22). The highest BCUT2D eigenvalue weighted by molar-refractivity contribution is 5.93. The van der Waals surface area contributed by atoms with Gasteiger partial charge in [0.15, 0.2) is 5.76 Å². The first-order chi connectivity index (χ1) is 11.7. The zero-order chi connectivity index (χ0) is 16.8. The van der Waals surface area contributed by atoms with E-state index in [1.165, 1.54) is 6.26 Å². The Balaban J connectivity index is 1.58. The van der Waals surface area contributed by atoms with E-state index >= 15 is 0 Å². The molecule has 3 rings (SSSR count). The maximum Gasteiger partial charge on any atom is 0.287 e. The molecule has 1 atom stereocenters. The molecule has 6 nitrogen and oxygen atoms in total. The fourth-order valence-electron chi connectivity index (χ4n) is 2.35. The largest absolute Gasteiger partial charge is 0.489 e. The number of carbonyl (C=O) groups is 1. The average Bonchev–Trinajstić information content (AvgIpc) is 3.25. The number of hydrogen-bond acceptors (Lipinski definition) is 4. The zero-order valence-electron chi connectivity index (χ0n) is 13.4. The summed E-state index contributed by atoms with van der Waals surface area (Å²) in [6.07, 6.45) is 5.06. The summed E-state index contributed by atoms with van der Waals surface area (Å²) in [5.41, 5.74) is 0.711. The van der Waals surface area contributed by atoms with Gasteiger partial charge in [-0.3, -0.25) is 9.48 Å². The molecular formula is C18H19N3O3. The number of para-hydroxylation sites is 1. The lowest BCUT2D eigenvalue weighted by Crippen LogP contribution is -2.36. The Morgan fingerprint density at radius 3 is 2.88 bits per heavy atom. The minimum absolute atomic E-state index is 0.0783. The molecule has 0 bridgehead atoms. The molecule has 1 amide bonds. The molecule has 6 heteroatoms. The second kappa shape index (κ2) is 7.50. The summed E-state index contributed by atoms with van der Waals surface area (Å²) in [6, 6.07) is 13.0. The predicted molar refractivity (Wildman–Crippen MR) is 88.6 cm³/mol. The normalized spacial score (nSPS) is 11.9. The average molecular weight is 325 g/mol. The number of furan rings is 1. The van der Waals surface area contributed by atoms with Crippen molar-refractivity contribution in [2.24, 2.45) is 0 Å². The van der Waals surface area contributed by atoms with Crippen LogP contribution < -0.4 is 10.1 Å². The molecule has 124 valence electrons. The van der Waals surface area contributed by atoms with Crippen molar-refractivity contribution in [2.75, 3.05) is 0 Å². The number of amides is 1. The van der Waals surface area contributed by atoms with Crippen molar-refractivity contribution in [1.82, 2.24) is 15.1 Å². The molecule has 0 radical (unpaired) electrons. The van der Waals surface area contributed by atoms with Gasteiger partial charge in [0.1, 0.15) is 12.4 Å². The number of rotatable bonds is 7. The molecule has 0 saturated carbocycles. The molecule has 2 aromatic heterocycles. The van der Waals surface area contributed by atoms with Gasteiger partial charge in [-0.05, 0) is 31.2 Å². The maximum atomic E-state index is 12.4. The van der Waals surface area contributed by atoms with Gasteiger partial charge in [-0.25, -0.2) is 0 Å². The van der Waals surface area contributed by atoms with Gasteiger partial charge in [0.2, 0.25) is 0 Å². The Morgan fingerprint density at radius 1 is 1.29 bits per heavy atom. The van der Waals surface area contributed by atoms with E-state index in [1.54, 1.807) is 16.9 Å². The van der Waals surface area contributed by atoms with Crippen LogP contribution in [0.25, 0.3) is 0 Å². The monoisotopic (exact) mass is 325 g/mol. The lowest BCUT2D eigenvalue weighted by molar-refractivity contribution is 0.0904. The summed E-state index contributed by atoms with van der Waals surface area (Å²) in [5.74, 6) is 0.765. The lowest BCUT2D eigenvalue weighted by atomic mass is 10.2. The second-order valence-corrected chi connectivity index (χ2v) is 5.48. The summed E-state index contributed by atoms with van der Waals surface area (Å²) in [7, 11) is 0. The van der Waals surface area contributed by atoms with Crippen molar-refractivity contribution < 1.29 is 13.9 Å². The summed E-state index contributed by atoms with van der Waals surface area (Å²) >= 11 is 0. The molecule has 0 spiro atoms. The molecule has 0 fully saturated rings. The highest BCUT2D eigenvalue weighted by atomic mass is 16.5. The van der Waals surface area contributed by atoms with Gasteiger partial charge in [0, 0.05) is 24.0 Å². The topological polar surface area (TPSA) is 69.3 Å². The van der Waals surface area contributed by atoms with Crippen LogP contribution in [0.4, 0.5) is 0 Å². The Kier molecular flexibility index (Phi) is 4.96. The van der Waals surface area contributed by atoms with Crippen molar-refractivity contribution in [3.63, 3.8) is 0 Å². The lowest BCUT2D eigenvalue weighted by Gasteiger charge is -2.13. The Morgan fingerprint density at radius 2 is 2.12 bits per heavy atom. The van der Waals surface area contributed by atoms with Crippen molar-refractivity contribution in [3.05, 3.63) is 72.4 Å². The third-order valence-corrected chi connectivity index (χ3v) is 3.49. The van der Waals surface area contributed by atoms with Crippen LogP contribution in [0.1, 0.15) is 23.0 Å². The molecule has 0 aliphatic heterocycles. The third-order valence-electron chi connectivity index (χ3n) is 3.49. The quantitative estimate of drug-likeness (QED) is 0.725. The van der Waals surface area contributed by atoms with E-state index < -0.39 is 0 Å². The van der Waals surface area contributed by atoms with Gasteiger partial charge in [0.25, 0.3) is 5.91 Å². The molecule has 1 N–H and O–H groups in total. The fraction of sp³-hybridized carbons (Fsp3) is 0.222. The van der Waals surface area contributed by atoms with Gasteiger partial charge in [-0.1, -0.05) is 18.2 Å². The molecule has 3 aromatic rings. The van der Waals surface area contributed by atoms with Crippen molar-refractivity contribution in [2.45, 2.75) is 26.1 Å². The number of nitrogens with zero attached hydrogens (tertiary/aromatic N) is 2. The van der Waals surface area contributed by atoms with E-state index in [0.29, 0.717) is 12.1 Å². The number of benzene rings is 1. The molecule has 0 aliphatic rings. The first-order valence-corrected chi connectivity index (χ1v) is 7.75. The Hall–Kier alpha value is -3.02. The Bertz CT molecular complexity index is 766. The number of ether oxygens (including phenoxy) is 1. The van der Waals surface area contributed by atoms with E-state index in [1.807, 2.05) is 49.5 Å². The van der Waals surface area contributed by atoms with Crippen LogP contribution in [-0.4, -0.2) is 21.7 Å². The van der Waals surface area contributed by atoms with Gasteiger partial charge in [0.05, 0.1) is 12.8 Å². The van der Waals surface area contributed by atoms with Gasteiger partial charge >= 0.3 is 0 Å². The van der Waals surface area contributed by atoms with E-state index in [2.05, 4.69) is 10.4 Å². The number of hydrogen-bond donors (Lipinski definition) is 1. The van der Waals surface area contributed by atoms with Gasteiger partial charge < -0.3 is 14.5 Å². The highest BCUT2D eigenvalue weighted by Crippen LogP contribution is 2.16. The van der Waals surface area contributed by atoms with E-state index in [9.17, 15) is 4.79 Å². The van der Waals surface area contributed by atoms with Gasteiger partial charge in [-0.2, -0.15) is 5.10 Å². The number of carbonyl (C=O) groups excluding carboxylic acids is 1. The molecule has 24 heavy (non-hydrogen) atoms. The van der Waals surface area contributed by atoms with Gasteiger partial charge in [-0.15, -0.1) is 0 Å². The molecular weight excluding hydrogens is 306 g/mol. The zero-order valence-corrected chi connectivity index (χ0v) is 13.4. The maximum absolute atomic E-state index is 12.4. The SMILES string of the molecule is CC(Cn1cccn1)NC(=O)c1occc1COc1ccccc1. The smallest absolute Gasteiger partial charge is 0.287 e. The summed E-state index contributed by atoms with van der Waals surface area (Å²) in [5, 5.41) is 7.04. The van der Waals surface area contributed by atoms with Crippen LogP contribution >= 0.6 is 0 Å². The van der Waals surface area contributed by atoms with Crippen molar-refractivity contribution >= 4 is 5.91 Å². The van der Waals surface area contributed by atoms with Crippen LogP contribution in [-0.2, 0) is 13.2 Å². The molecule has 1 aromatic carbocycles. The second-order valence-electron chi connectivity index (χ2n) is 5.48. The minimum atomic E-state index is -0.258. The van der Waals surface area contributed by atoms with E-state index in [-0.39, 0.29) is 24.3 Å². The summed E-state index contributed by atoms with van der Waals surface area (Å²) in [4.78, 5) is 12.4. The molecule has 0 saturated heterocycles. The van der Waals surface area contributed by atoms with Crippen LogP contribution in [0.2, 0.25) is 0 Å². The number of nitrogens with one attached hydrogen (secondary N) is 1. The van der Waals surface area contributed by atoms with Crippen LogP contribution in [0, 0.1) is 0 Å². The first-order valence-electron chi connectivity index (χ1n) is 7.75. The summed E-state index contributed by atoms with van der Waals surface area (Å²) < 4.78 is 12.8. The van der Waals surface area contributed by atoms with E-state index in [0.717, 1.165) is 5.75 Å². The van der Waals surface area contributed by atoms with Crippen LogP contribution in [0.3, 0.4) is 0 Å². The highest BCUT2D eigenvalue weighted by Gasteiger charge is 2.18. The van der Waals surface area contributed by atoms with E-state index in [4.69, 9.17) is 9.15 Å². The van der Waals surface area contributed by atoms with Crippen molar-refractivity contribution in [3.8, 4) is 5.75 Å². The first kappa shape index (κ1) is 15.9. The fourth-order valence-corrected chi connectivity index (χ4v) is 2.35. The molecule has 2 heterocycles. The Labute approximate surface area is 140 Å². The van der Waals surface area contributed by atoms with Crippen molar-refractivity contribution in [1.29, 1.82) is 0 Å². The molecule has 0 aliphatic carbocycles. The van der Waals surface area contributed by atoms with Crippen LogP contribution in [0.15, 0.2) is 65.5 Å². The summed E-state index contributed by atoms with van der Waals surface area (Å²) in [6.45, 7) is 2.79. The minimum Gasteiger partial charge on any atom is -0.489 e.